The standard InChI is InChI=1S/C25H26F3N5O2/c1-16-14-18(3)21(15-17(16)2)22-8-9-23(31-30-22)32-10-12-33(13-11-32)24(34)29-19-4-6-20(7-5-19)35-25(26,27)28/h4-9,14-15H,10-13H2,1-3H3,(H,29,34). The van der Waals surface area contributed by atoms with Gasteiger partial charge in [-0.25, -0.2) is 4.79 Å². The van der Waals surface area contributed by atoms with Crippen LogP contribution in [0.2, 0.25) is 0 Å². The highest BCUT2D eigenvalue weighted by Crippen LogP contribution is 2.26. The van der Waals surface area contributed by atoms with Crippen LogP contribution in [0.3, 0.4) is 0 Å². The molecule has 0 bridgehead atoms. The summed E-state index contributed by atoms with van der Waals surface area (Å²) in [6.07, 6.45) is -4.76. The maximum Gasteiger partial charge on any atom is 0.573 e. The van der Waals surface area contributed by atoms with E-state index in [1.807, 2.05) is 12.1 Å². The molecule has 1 aliphatic heterocycles. The minimum Gasteiger partial charge on any atom is -0.406 e. The largest absolute Gasteiger partial charge is 0.573 e. The molecule has 35 heavy (non-hydrogen) atoms. The molecule has 0 atom stereocenters. The first-order valence-electron chi connectivity index (χ1n) is 11.2. The van der Waals surface area contributed by atoms with Crippen LogP contribution in [0.1, 0.15) is 16.7 Å². The van der Waals surface area contributed by atoms with E-state index < -0.39 is 6.36 Å². The summed E-state index contributed by atoms with van der Waals surface area (Å²) in [6.45, 7) is 8.34. The SMILES string of the molecule is Cc1cc(C)c(-c2ccc(N3CCN(C(=O)Nc4ccc(OC(F)(F)F)cc4)CC3)nn2)cc1C. The number of carbonyl (C=O) groups excluding carboxylic acids is 1. The van der Waals surface area contributed by atoms with E-state index in [2.05, 4.69) is 58.1 Å². The summed E-state index contributed by atoms with van der Waals surface area (Å²) in [5.41, 5.74) is 5.86. The molecule has 2 aromatic carbocycles. The predicted octanol–water partition coefficient (Wildman–Crippen LogP) is 5.32. The van der Waals surface area contributed by atoms with E-state index in [4.69, 9.17) is 0 Å². The lowest BCUT2D eigenvalue weighted by molar-refractivity contribution is -0.274. The van der Waals surface area contributed by atoms with Gasteiger partial charge in [0.05, 0.1) is 5.69 Å². The molecule has 3 aromatic rings. The lowest BCUT2D eigenvalue weighted by Gasteiger charge is -2.35. The van der Waals surface area contributed by atoms with Crippen LogP contribution < -0.4 is 15.0 Å². The number of hydrogen-bond acceptors (Lipinski definition) is 5. The van der Waals surface area contributed by atoms with Gasteiger partial charge in [-0.15, -0.1) is 23.4 Å². The fourth-order valence-electron chi connectivity index (χ4n) is 3.96. The first-order valence-corrected chi connectivity index (χ1v) is 11.2. The van der Waals surface area contributed by atoms with Crippen molar-refractivity contribution in [3.05, 3.63) is 65.2 Å². The van der Waals surface area contributed by atoms with Crippen molar-refractivity contribution >= 4 is 17.5 Å². The number of urea groups is 1. The Kier molecular flexibility index (Phi) is 6.81. The highest BCUT2D eigenvalue weighted by Gasteiger charge is 2.31. The zero-order valence-corrected chi connectivity index (χ0v) is 19.7. The van der Waals surface area contributed by atoms with Crippen LogP contribution in [0.5, 0.6) is 5.75 Å². The Balaban J connectivity index is 1.32. The minimum absolute atomic E-state index is 0.319. The molecule has 1 aromatic heterocycles. The molecule has 10 heteroatoms. The molecule has 0 radical (unpaired) electrons. The number of halogens is 3. The number of carbonyl (C=O) groups is 1. The first-order chi connectivity index (χ1) is 16.6. The summed E-state index contributed by atoms with van der Waals surface area (Å²) in [7, 11) is 0. The smallest absolute Gasteiger partial charge is 0.406 e. The van der Waals surface area contributed by atoms with E-state index in [1.165, 1.54) is 23.3 Å². The maximum absolute atomic E-state index is 12.6. The van der Waals surface area contributed by atoms with Crippen LogP contribution in [0, 0.1) is 20.8 Å². The van der Waals surface area contributed by atoms with Gasteiger partial charge in [0.25, 0.3) is 0 Å². The second-order valence-electron chi connectivity index (χ2n) is 8.50. The molecule has 0 saturated carbocycles. The van der Waals surface area contributed by atoms with Crippen molar-refractivity contribution < 1.29 is 22.7 Å². The zero-order valence-electron chi connectivity index (χ0n) is 19.7. The topological polar surface area (TPSA) is 70.6 Å². The fourth-order valence-corrected chi connectivity index (χ4v) is 3.96. The average molecular weight is 486 g/mol. The van der Waals surface area contributed by atoms with Crippen LogP contribution in [0.25, 0.3) is 11.3 Å². The third kappa shape index (κ3) is 6.00. The normalized spacial score (nSPS) is 14.1. The summed E-state index contributed by atoms with van der Waals surface area (Å²) in [6, 6.07) is 12.9. The summed E-state index contributed by atoms with van der Waals surface area (Å²) in [4.78, 5) is 16.3. The fraction of sp³-hybridized carbons (Fsp3) is 0.320. The van der Waals surface area contributed by atoms with Gasteiger partial charge in [0.15, 0.2) is 5.82 Å². The van der Waals surface area contributed by atoms with Crippen LogP contribution in [0.15, 0.2) is 48.5 Å². The van der Waals surface area contributed by atoms with Gasteiger partial charge < -0.3 is 19.9 Å². The van der Waals surface area contributed by atoms with Gasteiger partial charge in [0, 0.05) is 37.4 Å². The Morgan fingerprint density at radius 2 is 1.54 bits per heavy atom. The van der Waals surface area contributed by atoms with E-state index in [0.29, 0.717) is 31.9 Å². The molecule has 1 aliphatic rings. The van der Waals surface area contributed by atoms with Crippen molar-refractivity contribution in [3.63, 3.8) is 0 Å². The summed E-state index contributed by atoms with van der Waals surface area (Å²) in [5.74, 6) is 0.402. The van der Waals surface area contributed by atoms with E-state index in [-0.39, 0.29) is 11.8 Å². The zero-order chi connectivity index (χ0) is 25.2. The van der Waals surface area contributed by atoms with E-state index in [1.54, 1.807) is 4.90 Å². The number of amides is 2. The van der Waals surface area contributed by atoms with E-state index in [0.717, 1.165) is 34.8 Å². The predicted molar refractivity (Wildman–Crippen MR) is 128 cm³/mol. The summed E-state index contributed by atoms with van der Waals surface area (Å²) >= 11 is 0. The van der Waals surface area contributed by atoms with Crippen molar-refractivity contribution in [2.45, 2.75) is 27.1 Å². The summed E-state index contributed by atoms with van der Waals surface area (Å²) in [5, 5.41) is 11.5. The number of nitrogens with zero attached hydrogens (tertiary/aromatic N) is 4. The number of anilines is 2. The van der Waals surface area contributed by atoms with Crippen molar-refractivity contribution in [2.75, 3.05) is 36.4 Å². The maximum atomic E-state index is 12.6. The van der Waals surface area contributed by atoms with Crippen molar-refractivity contribution in [2.24, 2.45) is 0 Å². The molecule has 2 heterocycles. The second kappa shape index (κ2) is 9.81. The molecular formula is C25H26F3N5O2. The van der Waals surface area contributed by atoms with Crippen molar-refractivity contribution in [3.8, 4) is 17.0 Å². The number of aryl methyl sites for hydroxylation is 3. The number of aromatic nitrogens is 2. The third-order valence-electron chi connectivity index (χ3n) is 6.00. The number of rotatable bonds is 4. The Morgan fingerprint density at radius 3 is 2.14 bits per heavy atom. The monoisotopic (exact) mass is 485 g/mol. The molecule has 1 saturated heterocycles. The molecule has 7 nitrogen and oxygen atoms in total. The molecule has 1 N–H and O–H groups in total. The lowest BCUT2D eigenvalue weighted by atomic mass is 9.99. The quantitative estimate of drug-likeness (QED) is 0.542. The van der Waals surface area contributed by atoms with Crippen LogP contribution >= 0.6 is 0 Å². The second-order valence-corrected chi connectivity index (χ2v) is 8.50. The Morgan fingerprint density at radius 1 is 0.886 bits per heavy atom. The van der Waals surface area contributed by atoms with Gasteiger partial charge in [-0.3, -0.25) is 0 Å². The number of piperazine rings is 1. The molecule has 4 rings (SSSR count). The van der Waals surface area contributed by atoms with Crippen molar-refractivity contribution in [1.29, 1.82) is 0 Å². The molecule has 0 unspecified atom stereocenters. The van der Waals surface area contributed by atoms with Gasteiger partial charge in [0.2, 0.25) is 0 Å². The lowest BCUT2D eigenvalue weighted by Crippen LogP contribution is -2.50. The van der Waals surface area contributed by atoms with Gasteiger partial charge in [-0.1, -0.05) is 6.07 Å². The van der Waals surface area contributed by atoms with Crippen molar-refractivity contribution in [1.82, 2.24) is 15.1 Å². The van der Waals surface area contributed by atoms with Crippen LogP contribution in [0.4, 0.5) is 29.5 Å². The highest BCUT2D eigenvalue weighted by atomic mass is 19.4. The van der Waals surface area contributed by atoms with Gasteiger partial charge in [-0.2, -0.15) is 0 Å². The number of ether oxygens (including phenoxy) is 1. The molecule has 0 spiro atoms. The molecule has 1 fully saturated rings. The number of alkyl halides is 3. The molecule has 184 valence electrons. The first kappa shape index (κ1) is 24.3. The van der Waals surface area contributed by atoms with E-state index >= 15 is 0 Å². The molecular weight excluding hydrogens is 459 g/mol. The van der Waals surface area contributed by atoms with Gasteiger partial charge >= 0.3 is 12.4 Å². The molecule has 0 aliphatic carbocycles. The van der Waals surface area contributed by atoms with Crippen LogP contribution in [-0.2, 0) is 0 Å². The Bertz CT molecular complexity index is 1190. The summed E-state index contributed by atoms with van der Waals surface area (Å²) < 4.78 is 40.7. The average Bonchev–Trinajstić information content (AvgIpc) is 2.82. The minimum atomic E-state index is -4.76. The number of hydrogen-bond donors (Lipinski definition) is 1. The van der Waals surface area contributed by atoms with Crippen LogP contribution in [-0.4, -0.2) is 53.7 Å². The number of nitrogens with one attached hydrogen (secondary N) is 1. The van der Waals surface area contributed by atoms with Gasteiger partial charge in [0.1, 0.15) is 5.75 Å². The Labute approximate surface area is 201 Å². The highest BCUT2D eigenvalue weighted by molar-refractivity contribution is 5.89. The third-order valence-corrected chi connectivity index (χ3v) is 6.00. The molecule has 2 amide bonds. The number of benzene rings is 2. The van der Waals surface area contributed by atoms with E-state index in [9.17, 15) is 18.0 Å². The Hall–Kier alpha value is -3.82. The van der Waals surface area contributed by atoms with Gasteiger partial charge in [-0.05, 0) is 79.9 Å².